The van der Waals surface area contributed by atoms with Crippen molar-refractivity contribution < 1.29 is 9.59 Å². The SMILES string of the molecule is O=C(Cc1ccccc1)NC1CCN(c2ccccc2C(=O)N2CCCC2)CC1. The van der Waals surface area contributed by atoms with Crippen LogP contribution < -0.4 is 10.2 Å². The van der Waals surface area contributed by atoms with Gasteiger partial charge in [0.2, 0.25) is 5.91 Å². The standard InChI is InChI=1S/C24H29N3O2/c28-23(18-19-8-2-1-3-9-19)25-20-12-16-26(17-13-20)22-11-5-4-10-21(22)24(29)27-14-6-7-15-27/h1-5,8-11,20H,6-7,12-18H2,(H,25,28). The lowest BCUT2D eigenvalue weighted by Gasteiger charge is -2.35. The molecule has 1 N–H and O–H groups in total. The number of carbonyl (C=O) groups excluding carboxylic acids is 2. The summed E-state index contributed by atoms with van der Waals surface area (Å²) in [6.45, 7) is 3.42. The normalized spacial score (nSPS) is 17.4. The first-order valence-corrected chi connectivity index (χ1v) is 10.7. The van der Waals surface area contributed by atoms with Crippen LogP contribution >= 0.6 is 0 Å². The average Bonchev–Trinajstić information content (AvgIpc) is 3.29. The van der Waals surface area contributed by atoms with Gasteiger partial charge in [0.1, 0.15) is 0 Å². The highest BCUT2D eigenvalue weighted by Gasteiger charge is 2.26. The van der Waals surface area contributed by atoms with Crippen LogP contribution in [0.2, 0.25) is 0 Å². The number of piperidine rings is 1. The molecule has 0 spiro atoms. The second-order valence-electron chi connectivity index (χ2n) is 8.01. The van der Waals surface area contributed by atoms with Gasteiger partial charge < -0.3 is 15.1 Å². The molecule has 0 radical (unpaired) electrons. The maximum Gasteiger partial charge on any atom is 0.255 e. The molecule has 0 aromatic heterocycles. The summed E-state index contributed by atoms with van der Waals surface area (Å²) in [7, 11) is 0. The lowest BCUT2D eigenvalue weighted by molar-refractivity contribution is -0.121. The van der Waals surface area contributed by atoms with Crippen LogP contribution in [0.5, 0.6) is 0 Å². The molecule has 2 aromatic carbocycles. The number of rotatable bonds is 5. The van der Waals surface area contributed by atoms with Crippen molar-refractivity contribution in [2.45, 2.75) is 38.1 Å². The number of hydrogen-bond donors (Lipinski definition) is 1. The summed E-state index contributed by atoms with van der Waals surface area (Å²) in [4.78, 5) is 29.5. The molecule has 2 amide bonds. The molecule has 5 nitrogen and oxygen atoms in total. The van der Waals surface area contributed by atoms with Crippen LogP contribution in [0.4, 0.5) is 5.69 Å². The van der Waals surface area contributed by atoms with E-state index >= 15 is 0 Å². The molecule has 0 bridgehead atoms. The number of nitrogens with one attached hydrogen (secondary N) is 1. The first kappa shape index (κ1) is 19.5. The number of likely N-dealkylation sites (tertiary alicyclic amines) is 1. The molecule has 2 aromatic rings. The second-order valence-corrected chi connectivity index (χ2v) is 8.01. The van der Waals surface area contributed by atoms with E-state index < -0.39 is 0 Å². The number of nitrogens with zero attached hydrogens (tertiary/aromatic N) is 2. The number of hydrogen-bond acceptors (Lipinski definition) is 3. The number of para-hydroxylation sites is 1. The van der Waals surface area contributed by atoms with Crippen molar-refractivity contribution in [1.82, 2.24) is 10.2 Å². The Morgan fingerprint density at radius 1 is 0.862 bits per heavy atom. The largest absolute Gasteiger partial charge is 0.371 e. The quantitative estimate of drug-likeness (QED) is 0.851. The molecule has 152 valence electrons. The van der Waals surface area contributed by atoms with Crippen LogP contribution in [-0.2, 0) is 11.2 Å². The van der Waals surface area contributed by atoms with E-state index in [2.05, 4.69) is 16.3 Å². The third-order valence-electron chi connectivity index (χ3n) is 5.94. The number of anilines is 1. The van der Waals surface area contributed by atoms with Crippen molar-refractivity contribution in [3.8, 4) is 0 Å². The molecule has 0 aliphatic carbocycles. The second kappa shape index (κ2) is 9.12. The molecule has 5 heteroatoms. The Morgan fingerprint density at radius 2 is 1.52 bits per heavy atom. The molecule has 0 saturated carbocycles. The molecular formula is C24H29N3O2. The first-order valence-electron chi connectivity index (χ1n) is 10.7. The van der Waals surface area contributed by atoms with Gasteiger partial charge in [-0.25, -0.2) is 0 Å². The van der Waals surface area contributed by atoms with Crippen LogP contribution in [0.25, 0.3) is 0 Å². The van der Waals surface area contributed by atoms with Crippen LogP contribution in [0.1, 0.15) is 41.6 Å². The van der Waals surface area contributed by atoms with E-state index in [-0.39, 0.29) is 17.9 Å². The van der Waals surface area contributed by atoms with Gasteiger partial charge in [0.05, 0.1) is 12.0 Å². The Balaban J connectivity index is 1.34. The van der Waals surface area contributed by atoms with Gasteiger partial charge >= 0.3 is 0 Å². The Bertz CT molecular complexity index is 838. The molecule has 2 saturated heterocycles. The summed E-state index contributed by atoms with van der Waals surface area (Å²) in [6.07, 6.45) is 4.41. The van der Waals surface area contributed by atoms with Gasteiger partial charge in [-0.2, -0.15) is 0 Å². The monoisotopic (exact) mass is 391 g/mol. The van der Waals surface area contributed by atoms with Crippen molar-refractivity contribution in [2.24, 2.45) is 0 Å². The number of benzene rings is 2. The highest BCUT2D eigenvalue weighted by molar-refractivity contribution is 6.00. The number of carbonyl (C=O) groups is 2. The minimum atomic E-state index is 0.0826. The average molecular weight is 392 g/mol. The van der Waals surface area contributed by atoms with Crippen molar-refractivity contribution in [3.63, 3.8) is 0 Å². The van der Waals surface area contributed by atoms with E-state index in [1.165, 1.54) is 0 Å². The highest BCUT2D eigenvalue weighted by Crippen LogP contribution is 2.26. The maximum atomic E-state index is 12.9. The van der Waals surface area contributed by atoms with Crippen molar-refractivity contribution in [1.29, 1.82) is 0 Å². The summed E-state index contributed by atoms with van der Waals surface area (Å²) in [5, 5.41) is 3.18. The molecule has 2 fully saturated rings. The third-order valence-corrected chi connectivity index (χ3v) is 5.94. The molecule has 2 aliphatic heterocycles. The molecule has 29 heavy (non-hydrogen) atoms. The van der Waals surface area contributed by atoms with E-state index in [0.29, 0.717) is 6.42 Å². The minimum Gasteiger partial charge on any atom is -0.371 e. The highest BCUT2D eigenvalue weighted by atomic mass is 16.2. The topological polar surface area (TPSA) is 52.7 Å². The lowest BCUT2D eigenvalue weighted by Crippen LogP contribution is -2.45. The fourth-order valence-electron chi connectivity index (χ4n) is 4.35. The van der Waals surface area contributed by atoms with Gasteiger partial charge in [-0.3, -0.25) is 9.59 Å². The zero-order valence-corrected chi connectivity index (χ0v) is 16.8. The van der Waals surface area contributed by atoms with Crippen molar-refractivity contribution in [3.05, 3.63) is 65.7 Å². The van der Waals surface area contributed by atoms with E-state index in [1.54, 1.807) is 0 Å². The van der Waals surface area contributed by atoms with E-state index in [9.17, 15) is 9.59 Å². The molecule has 0 atom stereocenters. The van der Waals surface area contributed by atoms with Gasteiger partial charge in [-0.1, -0.05) is 42.5 Å². The molecule has 2 heterocycles. The molecule has 0 unspecified atom stereocenters. The Hall–Kier alpha value is -2.82. The van der Waals surface area contributed by atoms with Gasteiger partial charge in [0, 0.05) is 37.9 Å². The first-order chi connectivity index (χ1) is 14.2. The summed E-state index contributed by atoms with van der Waals surface area (Å²) in [6, 6.07) is 18.0. The summed E-state index contributed by atoms with van der Waals surface area (Å²) >= 11 is 0. The smallest absolute Gasteiger partial charge is 0.255 e. The summed E-state index contributed by atoms with van der Waals surface area (Å²) in [5.41, 5.74) is 2.87. The van der Waals surface area contributed by atoms with E-state index in [0.717, 1.165) is 68.7 Å². The zero-order chi connectivity index (χ0) is 20.1. The predicted molar refractivity (Wildman–Crippen MR) is 115 cm³/mol. The van der Waals surface area contributed by atoms with E-state index in [1.807, 2.05) is 53.4 Å². The van der Waals surface area contributed by atoms with Gasteiger partial charge in [0.25, 0.3) is 5.91 Å². The van der Waals surface area contributed by atoms with Gasteiger partial charge in [-0.05, 0) is 43.4 Å². The summed E-state index contributed by atoms with van der Waals surface area (Å²) in [5.74, 6) is 0.232. The van der Waals surface area contributed by atoms with Crippen LogP contribution in [-0.4, -0.2) is 48.9 Å². The van der Waals surface area contributed by atoms with Gasteiger partial charge in [0.15, 0.2) is 0 Å². The fraction of sp³-hybridized carbons (Fsp3) is 0.417. The Labute approximate surface area is 172 Å². The minimum absolute atomic E-state index is 0.0826. The van der Waals surface area contributed by atoms with Gasteiger partial charge in [-0.15, -0.1) is 0 Å². The predicted octanol–water partition coefficient (Wildman–Crippen LogP) is 3.25. The lowest BCUT2D eigenvalue weighted by atomic mass is 10.0. The van der Waals surface area contributed by atoms with Crippen molar-refractivity contribution in [2.75, 3.05) is 31.1 Å². The van der Waals surface area contributed by atoms with Crippen LogP contribution in [0.3, 0.4) is 0 Å². The molecule has 2 aliphatic rings. The van der Waals surface area contributed by atoms with Crippen LogP contribution in [0, 0.1) is 0 Å². The molecule has 4 rings (SSSR count). The van der Waals surface area contributed by atoms with Crippen LogP contribution in [0.15, 0.2) is 54.6 Å². The maximum absolute atomic E-state index is 12.9. The Morgan fingerprint density at radius 3 is 2.24 bits per heavy atom. The fourth-order valence-corrected chi connectivity index (χ4v) is 4.35. The Kier molecular flexibility index (Phi) is 6.13. The van der Waals surface area contributed by atoms with E-state index in [4.69, 9.17) is 0 Å². The van der Waals surface area contributed by atoms with Crippen molar-refractivity contribution >= 4 is 17.5 Å². The molecular weight excluding hydrogens is 362 g/mol. The third kappa shape index (κ3) is 4.78. The zero-order valence-electron chi connectivity index (χ0n) is 16.8. The summed E-state index contributed by atoms with van der Waals surface area (Å²) < 4.78 is 0. The number of amides is 2.